The van der Waals surface area contributed by atoms with Gasteiger partial charge in [0.2, 0.25) is 5.88 Å². The lowest BCUT2D eigenvalue weighted by atomic mass is 9.94. The van der Waals surface area contributed by atoms with Gasteiger partial charge in [-0.3, -0.25) is 19.7 Å². The molecule has 1 saturated heterocycles. The molecule has 8 nitrogen and oxygen atoms in total. The van der Waals surface area contributed by atoms with Gasteiger partial charge in [0, 0.05) is 43.8 Å². The second-order valence-electron chi connectivity index (χ2n) is 7.07. The summed E-state index contributed by atoms with van der Waals surface area (Å²) in [6.07, 6.45) is 9.91. The smallest absolute Gasteiger partial charge is 0.274 e. The molecule has 0 spiro atoms. The number of ether oxygens (including phenoxy) is 1. The molecule has 0 aliphatic carbocycles. The predicted molar refractivity (Wildman–Crippen MR) is 106 cm³/mol. The van der Waals surface area contributed by atoms with E-state index in [9.17, 15) is 4.79 Å². The van der Waals surface area contributed by atoms with Gasteiger partial charge >= 0.3 is 0 Å². The van der Waals surface area contributed by atoms with Crippen molar-refractivity contribution in [2.24, 2.45) is 0 Å². The van der Waals surface area contributed by atoms with Crippen molar-refractivity contribution in [3.8, 4) is 11.6 Å². The lowest BCUT2D eigenvalue weighted by Gasteiger charge is -2.32. The third kappa shape index (κ3) is 4.21. The van der Waals surface area contributed by atoms with E-state index < -0.39 is 0 Å². The Morgan fingerprint density at radius 1 is 1.07 bits per heavy atom. The summed E-state index contributed by atoms with van der Waals surface area (Å²) >= 11 is 0. The van der Waals surface area contributed by atoms with Crippen LogP contribution < -0.4 is 4.74 Å². The van der Waals surface area contributed by atoms with E-state index in [2.05, 4.69) is 24.9 Å². The molecule has 3 aromatic rings. The van der Waals surface area contributed by atoms with Gasteiger partial charge in [-0.25, -0.2) is 9.97 Å². The first-order valence-corrected chi connectivity index (χ1v) is 9.60. The van der Waals surface area contributed by atoms with Gasteiger partial charge in [-0.15, -0.1) is 0 Å². The summed E-state index contributed by atoms with van der Waals surface area (Å²) in [7, 11) is 0. The van der Waals surface area contributed by atoms with Crippen LogP contribution in [-0.2, 0) is 0 Å². The number of carbonyl (C=O) groups excluding carboxylic acids is 1. The van der Waals surface area contributed by atoms with E-state index in [1.807, 2.05) is 26.0 Å². The van der Waals surface area contributed by atoms with Crippen LogP contribution in [0.25, 0.3) is 0 Å². The topological polar surface area (TPSA) is 94.0 Å². The number of hydrogen-bond acceptors (Lipinski definition) is 7. The van der Waals surface area contributed by atoms with Gasteiger partial charge in [0.15, 0.2) is 5.75 Å². The highest BCUT2D eigenvalue weighted by Crippen LogP contribution is 2.33. The lowest BCUT2D eigenvalue weighted by molar-refractivity contribution is 0.0698. The van der Waals surface area contributed by atoms with Gasteiger partial charge in [-0.05, 0) is 38.8 Å². The average Bonchev–Trinajstić information content (AvgIpc) is 2.76. The van der Waals surface area contributed by atoms with E-state index in [1.54, 1.807) is 29.7 Å². The number of likely N-dealkylation sites (tertiary alicyclic amines) is 1. The van der Waals surface area contributed by atoms with Crippen LogP contribution in [0.1, 0.15) is 46.3 Å². The summed E-state index contributed by atoms with van der Waals surface area (Å²) < 4.78 is 6.03. The van der Waals surface area contributed by atoms with Gasteiger partial charge in [0.05, 0.1) is 17.6 Å². The summed E-state index contributed by atoms with van der Waals surface area (Å²) in [5.74, 6) is 1.02. The van der Waals surface area contributed by atoms with Crippen molar-refractivity contribution in [3.63, 3.8) is 0 Å². The van der Waals surface area contributed by atoms with Crippen LogP contribution in [0.15, 0.2) is 43.1 Å². The van der Waals surface area contributed by atoms with Crippen LogP contribution in [0.4, 0.5) is 0 Å². The Morgan fingerprint density at radius 2 is 1.93 bits per heavy atom. The Bertz CT molecular complexity index is 1010. The molecule has 3 aromatic heterocycles. The highest BCUT2D eigenvalue weighted by molar-refractivity contribution is 5.92. The van der Waals surface area contributed by atoms with E-state index in [0.717, 1.165) is 29.9 Å². The number of pyridine rings is 1. The summed E-state index contributed by atoms with van der Waals surface area (Å²) in [5.41, 5.74) is 2.67. The Hall–Kier alpha value is -3.42. The minimum Gasteiger partial charge on any atom is -0.435 e. The largest absolute Gasteiger partial charge is 0.435 e. The number of piperidine rings is 1. The number of rotatable bonds is 4. The van der Waals surface area contributed by atoms with Crippen molar-refractivity contribution in [3.05, 3.63) is 65.9 Å². The molecule has 1 aliphatic heterocycles. The lowest BCUT2D eigenvalue weighted by Crippen LogP contribution is -2.39. The maximum atomic E-state index is 12.9. The van der Waals surface area contributed by atoms with Gasteiger partial charge in [0.25, 0.3) is 5.91 Å². The molecule has 4 rings (SSSR count). The molecule has 1 amide bonds. The Balaban J connectivity index is 1.55. The van der Waals surface area contributed by atoms with E-state index in [1.165, 1.54) is 6.20 Å². The van der Waals surface area contributed by atoms with Gasteiger partial charge < -0.3 is 9.64 Å². The summed E-state index contributed by atoms with van der Waals surface area (Å²) in [4.78, 5) is 36.2. The van der Waals surface area contributed by atoms with Crippen molar-refractivity contribution in [1.82, 2.24) is 29.8 Å². The fourth-order valence-corrected chi connectivity index (χ4v) is 3.43. The fourth-order valence-electron chi connectivity index (χ4n) is 3.43. The third-order valence-electron chi connectivity index (χ3n) is 4.95. The number of aromatic nitrogens is 5. The average molecular weight is 390 g/mol. The quantitative estimate of drug-likeness (QED) is 0.675. The van der Waals surface area contributed by atoms with Crippen molar-refractivity contribution in [2.75, 3.05) is 13.1 Å². The minimum absolute atomic E-state index is 0.0341. The molecule has 148 valence electrons. The standard InChI is InChI=1S/C21H22N6O2/c1-14-11-26-17(12-25-14)21(28)27-10-4-5-16(13-27)19-20(24-9-8-23-19)29-18-6-3-7-22-15(18)2/h3,6-9,11-12,16H,4-5,10,13H2,1-2H3. The number of hydrogen-bond donors (Lipinski definition) is 0. The maximum Gasteiger partial charge on any atom is 0.274 e. The second-order valence-corrected chi connectivity index (χ2v) is 7.07. The minimum atomic E-state index is -0.114. The molecule has 4 heterocycles. The van der Waals surface area contributed by atoms with Gasteiger partial charge in [-0.2, -0.15) is 0 Å². The number of nitrogens with zero attached hydrogens (tertiary/aromatic N) is 6. The SMILES string of the molecule is Cc1cnc(C(=O)N2CCCC(c3nccnc3Oc3cccnc3C)C2)cn1. The molecule has 0 bridgehead atoms. The maximum absolute atomic E-state index is 12.9. The molecule has 0 aromatic carbocycles. The number of amides is 1. The molecule has 0 N–H and O–H groups in total. The van der Waals surface area contributed by atoms with E-state index in [4.69, 9.17) is 4.74 Å². The van der Waals surface area contributed by atoms with Gasteiger partial charge in [0.1, 0.15) is 11.4 Å². The molecule has 0 radical (unpaired) electrons. The van der Waals surface area contributed by atoms with Crippen LogP contribution in [0, 0.1) is 13.8 Å². The van der Waals surface area contributed by atoms with Crippen molar-refractivity contribution in [1.29, 1.82) is 0 Å². The monoisotopic (exact) mass is 390 g/mol. The molecule has 1 aliphatic rings. The molecule has 1 unspecified atom stereocenters. The highest BCUT2D eigenvalue weighted by atomic mass is 16.5. The van der Waals surface area contributed by atoms with Crippen molar-refractivity contribution in [2.45, 2.75) is 32.6 Å². The Kier molecular flexibility index (Phi) is 5.41. The summed E-state index contributed by atoms with van der Waals surface area (Å²) in [6.45, 7) is 4.95. The number of carbonyl (C=O) groups is 1. The molecular formula is C21H22N6O2. The first-order chi connectivity index (χ1) is 14.1. The third-order valence-corrected chi connectivity index (χ3v) is 4.95. The number of aryl methyl sites for hydroxylation is 2. The normalized spacial score (nSPS) is 16.5. The fraction of sp³-hybridized carbons (Fsp3) is 0.333. The molecule has 29 heavy (non-hydrogen) atoms. The second kappa shape index (κ2) is 8.30. The molecular weight excluding hydrogens is 368 g/mol. The molecule has 1 fully saturated rings. The first kappa shape index (κ1) is 18.9. The zero-order valence-corrected chi connectivity index (χ0v) is 16.4. The zero-order chi connectivity index (χ0) is 20.2. The van der Waals surface area contributed by atoms with Crippen LogP contribution >= 0.6 is 0 Å². The highest BCUT2D eigenvalue weighted by Gasteiger charge is 2.29. The summed E-state index contributed by atoms with van der Waals surface area (Å²) in [6, 6.07) is 3.68. The van der Waals surface area contributed by atoms with Crippen LogP contribution in [-0.4, -0.2) is 48.8 Å². The molecule has 1 atom stereocenters. The van der Waals surface area contributed by atoms with E-state index >= 15 is 0 Å². The Labute approximate surface area is 169 Å². The van der Waals surface area contributed by atoms with Crippen LogP contribution in [0.2, 0.25) is 0 Å². The first-order valence-electron chi connectivity index (χ1n) is 9.60. The van der Waals surface area contributed by atoms with Crippen molar-refractivity contribution >= 4 is 5.91 Å². The zero-order valence-electron chi connectivity index (χ0n) is 16.4. The molecule has 8 heteroatoms. The molecule has 0 saturated carbocycles. The predicted octanol–water partition coefficient (Wildman–Crippen LogP) is 3.09. The van der Waals surface area contributed by atoms with Crippen LogP contribution in [0.3, 0.4) is 0 Å². The van der Waals surface area contributed by atoms with Gasteiger partial charge in [-0.1, -0.05) is 0 Å². The van der Waals surface area contributed by atoms with Crippen molar-refractivity contribution < 1.29 is 9.53 Å². The van der Waals surface area contributed by atoms with E-state index in [-0.39, 0.29) is 11.8 Å². The Morgan fingerprint density at radius 3 is 2.72 bits per heavy atom. The van der Waals surface area contributed by atoms with E-state index in [0.29, 0.717) is 30.4 Å². The summed E-state index contributed by atoms with van der Waals surface area (Å²) in [5, 5.41) is 0. The van der Waals surface area contributed by atoms with Crippen LogP contribution in [0.5, 0.6) is 11.6 Å².